The maximum absolute atomic E-state index is 6.16. The highest BCUT2D eigenvalue weighted by molar-refractivity contribution is 5.00. The van der Waals surface area contributed by atoms with Crippen molar-refractivity contribution in [3.8, 4) is 0 Å². The van der Waals surface area contributed by atoms with Gasteiger partial charge in [-0.3, -0.25) is 0 Å². The summed E-state index contributed by atoms with van der Waals surface area (Å²) in [4.78, 5) is 4.57. The van der Waals surface area contributed by atoms with E-state index in [4.69, 9.17) is 10.3 Å². The first-order valence-electron chi connectivity index (χ1n) is 8.24. The molecule has 1 aliphatic rings. The Bertz CT molecular complexity index is 396. The average molecular weight is 279 g/mol. The second kappa shape index (κ2) is 7.21. The summed E-state index contributed by atoms with van der Waals surface area (Å²) in [5, 5.41) is 4.18. The Morgan fingerprint density at radius 1 is 1.25 bits per heavy atom. The van der Waals surface area contributed by atoms with E-state index < -0.39 is 0 Å². The van der Waals surface area contributed by atoms with Gasteiger partial charge in [-0.15, -0.1) is 0 Å². The predicted octanol–water partition coefficient (Wildman–Crippen LogP) is 4.19. The standard InChI is InChI=1S/C16H29N3O/c1-4-6-12-7-9-13(10-8-12)15-18-16(20-19-15)14(17)11(3)5-2/h11-14H,4-10,17H2,1-3H3/t11-,12?,13?,14-/m0/s1. The molecule has 0 aliphatic heterocycles. The summed E-state index contributed by atoms with van der Waals surface area (Å²) in [6.45, 7) is 6.54. The van der Waals surface area contributed by atoms with Crippen LogP contribution >= 0.6 is 0 Å². The Balaban J connectivity index is 1.93. The molecule has 2 N–H and O–H groups in total. The molecule has 2 rings (SSSR count). The molecule has 0 unspecified atom stereocenters. The van der Waals surface area contributed by atoms with E-state index in [9.17, 15) is 0 Å². The first kappa shape index (κ1) is 15.5. The Labute approximate surface area is 122 Å². The molecule has 0 spiro atoms. The van der Waals surface area contributed by atoms with Gasteiger partial charge in [-0.25, -0.2) is 0 Å². The fraction of sp³-hybridized carbons (Fsp3) is 0.875. The molecule has 1 aromatic heterocycles. The fourth-order valence-corrected chi connectivity index (χ4v) is 3.16. The molecule has 1 aliphatic carbocycles. The second-order valence-corrected chi connectivity index (χ2v) is 6.41. The molecular formula is C16H29N3O. The van der Waals surface area contributed by atoms with Gasteiger partial charge in [0.2, 0.25) is 5.89 Å². The van der Waals surface area contributed by atoms with Gasteiger partial charge < -0.3 is 10.3 Å². The van der Waals surface area contributed by atoms with Crippen LogP contribution in [0.1, 0.15) is 89.4 Å². The summed E-state index contributed by atoms with van der Waals surface area (Å²) >= 11 is 0. The Kier molecular flexibility index (Phi) is 5.58. The molecule has 0 radical (unpaired) electrons. The van der Waals surface area contributed by atoms with Crippen molar-refractivity contribution < 1.29 is 4.52 Å². The molecule has 114 valence electrons. The topological polar surface area (TPSA) is 64.9 Å². The Hall–Kier alpha value is -0.900. The van der Waals surface area contributed by atoms with Crippen molar-refractivity contribution in [2.75, 3.05) is 0 Å². The van der Waals surface area contributed by atoms with E-state index in [2.05, 4.69) is 30.9 Å². The lowest BCUT2D eigenvalue weighted by molar-refractivity contribution is 0.288. The summed E-state index contributed by atoms with van der Waals surface area (Å²) in [6, 6.07) is -0.127. The molecule has 2 atom stereocenters. The van der Waals surface area contributed by atoms with Crippen LogP contribution in [-0.4, -0.2) is 10.1 Å². The van der Waals surface area contributed by atoms with Gasteiger partial charge in [0, 0.05) is 5.92 Å². The molecule has 0 bridgehead atoms. The SMILES string of the molecule is CCCC1CCC(c2noc([C@@H](N)[C@@H](C)CC)n2)CC1. The Morgan fingerprint density at radius 2 is 1.95 bits per heavy atom. The molecule has 20 heavy (non-hydrogen) atoms. The first-order valence-corrected chi connectivity index (χ1v) is 8.24. The number of hydrogen-bond donors (Lipinski definition) is 1. The van der Waals surface area contributed by atoms with E-state index in [0.29, 0.717) is 17.7 Å². The first-order chi connectivity index (χ1) is 9.65. The van der Waals surface area contributed by atoms with Crippen molar-refractivity contribution in [2.24, 2.45) is 17.6 Å². The molecule has 1 aromatic rings. The quantitative estimate of drug-likeness (QED) is 0.848. The molecule has 0 amide bonds. The maximum Gasteiger partial charge on any atom is 0.243 e. The van der Waals surface area contributed by atoms with Crippen molar-refractivity contribution >= 4 is 0 Å². The lowest BCUT2D eigenvalue weighted by Gasteiger charge is -2.26. The van der Waals surface area contributed by atoms with Gasteiger partial charge in [0.25, 0.3) is 0 Å². The lowest BCUT2D eigenvalue weighted by Crippen LogP contribution is -2.19. The zero-order valence-corrected chi connectivity index (χ0v) is 13.1. The van der Waals surface area contributed by atoms with Crippen LogP contribution in [0.5, 0.6) is 0 Å². The van der Waals surface area contributed by atoms with Crippen molar-refractivity contribution in [1.29, 1.82) is 0 Å². The molecule has 0 aromatic carbocycles. The van der Waals surface area contributed by atoms with Crippen LogP contribution < -0.4 is 5.73 Å². The van der Waals surface area contributed by atoms with Gasteiger partial charge in [-0.1, -0.05) is 45.2 Å². The van der Waals surface area contributed by atoms with Crippen molar-refractivity contribution in [3.63, 3.8) is 0 Å². The van der Waals surface area contributed by atoms with Gasteiger partial charge in [0.15, 0.2) is 5.82 Å². The molecular weight excluding hydrogens is 250 g/mol. The van der Waals surface area contributed by atoms with E-state index >= 15 is 0 Å². The van der Waals surface area contributed by atoms with Gasteiger partial charge in [0.1, 0.15) is 0 Å². The number of aromatic nitrogens is 2. The van der Waals surface area contributed by atoms with Crippen LogP contribution in [0.25, 0.3) is 0 Å². The third kappa shape index (κ3) is 3.60. The van der Waals surface area contributed by atoms with Crippen LogP contribution in [-0.2, 0) is 0 Å². The summed E-state index contributed by atoms with van der Waals surface area (Å²) < 4.78 is 5.39. The van der Waals surface area contributed by atoms with Gasteiger partial charge in [-0.05, 0) is 37.5 Å². The number of hydrogen-bond acceptors (Lipinski definition) is 4. The lowest BCUT2D eigenvalue weighted by atomic mass is 9.80. The molecule has 4 nitrogen and oxygen atoms in total. The van der Waals surface area contributed by atoms with Gasteiger partial charge in [-0.2, -0.15) is 4.98 Å². The highest BCUT2D eigenvalue weighted by Crippen LogP contribution is 2.36. The number of nitrogens with zero attached hydrogens (tertiary/aromatic N) is 2. The van der Waals surface area contributed by atoms with Crippen molar-refractivity contribution in [2.45, 2.75) is 77.7 Å². The molecule has 0 saturated heterocycles. The minimum atomic E-state index is -0.127. The second-order valence-electron chi connectivity index (χ2n) is 6.41. The normalized spacial score (nSPS) is 26.4. The Morgan fingerprint density at radius 3 is 2.55 bits per heavy atom. The summed E-state index contributed by atoms with van der Waals surface area (Å²) in [6.07, 6.45) is 8.69. The molecule has 1 heterocycles. The van der Waals surface area contributed by atoms with E-state index in [0.717, 1.165) is 18.2 Å². The third-order valence-electron chi connectivity index (χ3n) is 4.91. The van der Waals surface area contributed by atoms with Crippen LogP contribution in [0.15, 0.2) is 4.52 Å². The third-order valence-corrected chi connectivity index (χ3v) is 4.91. The highest BCUT2D eigenvalue weighted by atomic mass is 16.5. The summed E-state index contributed by atoms with van der Waals surface area (Å²) in [5.74, 6) is 3.26. The monoisotopic (exact) mass is 279 g/mol. The van der Waals surface area contributed by atoms with Crippen LogP contribution in [0.4, 0.5) is 0 Å². The van der Waals surface area contributed by atoms with Crippen LogP contribution in [0, 0.1) is 11.8 Å². The fourth-order valence-electron chi connectivity index (χ4n) is 3.16. The highest BCUT2D eigenvalue weighted by Gasteiger charge is 2.27. The smallest absolute Gasteiger partial charge is 0.243 e. The molecule has 4 heteroatoms. The summed E-state index contributed by atoms with van der Waals surface area (Å²) in [7, 11) is 0. The predicted molar refractivity (Wildman–Crippen MR) is 80.3 cm³/mol. The summed E-state index contributed by atoms with van der Waals surface area (Å²) in [5.41, 5.74) is 6.16. The zero-order chi connectivity index (χ0) is 14.5. The van der Waals surface area contributed by atoms with Crippen molar-refractivity contribution in [1.82, 2.24) is 10.1 Å². The minimum Gasteiger partial charge on any atom is -0.338 e. The van der Waals surface area contributed by atoms with E-state index in [1.165, 1.54) is 38.5 Å². The van der Waals surface area contributed by atoms with Gasteiger partial charge >= 0.3 is 0 Å². The maximum atomic E-state index is 6.16. The largest absolute Gasteiger partial charge is 0.338 e. The van der Waals surface area contributed by atoms with E-state index in [1.807, 2.05) is 0 Å². The number of rotatable bonds is 6. The zero-order valence-electron chi connectivity index (χ0n) is 13.1. The van der Waals surface area contributed by atoms with E-state index in [1.54, 1.807) is 0 Å². The molecule has 1 saturated carbocycles. The minimum absolute atomic E-state index is 0.127. The van der Waals surface area contributed by atoms with Crippen LogP contribution in [0.2, 0.25) is 0 Å². The van der Waals surface area contributed by atoms with E-state index in [-0.39, 0.29) is 6.04 Å². The van der Waals surface area contributed by atoms with Crippen LogP contribution in [0.3, 0.4) is 0 Å². The average Bonchev–Trinajstić information content (AvgIpc) is 2.96. The molecule has 1 fully saturated rings. The van der Waals surface area contributed by atoms with Crippen molar-refractivity contribution in [3.05, 3.63) is 11.7 Å². The number of nitrogens with two attached hydrogens (primary N) is 1. The van der Waals surface area contributed by atoms with Gasteiger partial charge in [0.05, 0.1) is 6.04 Å².